The predicted octanol–water partition coefficient (Wildman–Crippen LogP) is 10.7. The number of rotatable bonds is 4. The van der Waals surface area contributed by atoms with Gasteiger partial charge in [0.05, 0.1) is 5.56 Å². The fraction of sp³-hybridized carbons (Fsp3) is 0.0714. The lowest BCUT2D eigenvalue weighted by atomic mass is 9.82. The normalized spacial score (nSPS) is 13.2. The highest BCUT2D eigenvalue weighted by atomic mass is 16.3. The summed E-state index contributed by atoms with van der Waals surface area (Å²) < 4.78 is 6.45. The molecule has 218 valence electrons. The molecule has 0 spiro atoms. The third-order valence-electron chi connectivity index (χ3n) is 9.38. The van der Waals surface area contributed by atoms with Crippen molar-refractivity contribution in [3.05, 3.63) is 151 Å². The highest BCUT2D eigenvalue weighted by Gasteiger charge is 2.35. The zero-order chi connectivity index (χ0) is 30.8. The number of fused-ring (bicyclic) bond motifs is 6. The minimum atomic E-state index is -0.138. The Morgan fingerprint density at radius 3 is 1.89 bits per heavy atom. The zero-order valence-electron chi connectivity index (χ0n) is 25.5. The standard InChI is InChI=1S/C42H29N3O/c1-42(2)35-21-10-8-16-29(35)30-24-23-27(25-36(30)42)39-43-40(33-18-7-6-15-28(33)26-13-4-3-5-14-26)45-41(44-39)34-20-12-19-32-31-17-9-11-22-37(31)46-38(32)34/h3-25H,1-2H3. The van der Waals surface area contributed by atoms with E-state index in [9.17, 15) is 0 Å². The Kier molecular flexibility index (Phi) is 5.81. The van der Waals surface area contributed by atoms with Crippen molar-refractivity contribution in [1.29, 1.82) is 0 Å². The quantitative estimate of drug-likeness (QED) is 0.204. The Bertz CT molecular complexity index is 2460. The maximum absolute atomic E-state index is 6.45. The van der Waals surface area contributed by atoms with Crippen LogP contribution >= 0.6 is 0 Å². The Morgan fingerprint density at radius 2 is 1.04 bits per heavy atom. The monoisotopic (exact) mass is 591 g/mol. The Morgan fingerprint density at radius 1 is 0.435 bits per heavy atom. The lowest BCUT2D eigenvalue weighted by Gasteiger charge is -2.21. The molecule has 8 aromatic rings. The first kappa shape index (κ1) is 26.5. The van der Waals surface area contributed by atoms with Crippen molar-refractivity contribution in [2.24, 2.45) is 0 Å². The molecule has 0 fully saturated rings. The van der Waals surface area contributed by atoms with Gasteiger partial charge in [0.1, 0.15) is 11.2 Å². The van der Waals surface area contributed by atoms with Crippen LogP contribution in [-0.2, 0) is 5.41 Å². The van der Waals surface area contributed by atoms with E-state index in [2.05, 4.69) is 117 Å². The van der Waals surface area contributed by atoms with Crippen LogP contribution in [0.4, 0.5) is 0 Å². The first-order valence-corrected chi connectivity index (χ1v) is 15.6. The van der Waals surface area contributed by atoms with Gasteiger partial charge in [0, 0.05) is 27.3 Å². The van der Waals surface area contributed by atoms with E-state index in [-0.39, 0.29) is 5.41 Å². The van der Waals surface area contributed by atoms with Crippen molar-refractivity contribution < 1.29 is 4.42 Å². The third kappa shape index (κ3) is 4.04. The largest absolute Gasteiger partial charge is 0.455 e. The van der Waals surface area contributed by atoms with Crippen molar-refractivity contribution in [3.63, 3.8) is 0 Å². The maximum Gasteiger partial charge on any atom is 0.167 e. The number of benzene rings is 6. The first-order valence-electron chi connectivity index (χ1n) is 15.6. The van der Waals surface area contributed by atoms with Gasteiger partial charge in [-0.3, -0.25) is 0 Å². The van der Waals surface area contributed by atoms with E-state index in [4.69, 9.17) is 19.4 Å². The number of aromatic nitrogens is 3. The topological polar surface area (TPSA) is 51.8 Å². The molecule has 0 saturated carbocycles. The van der Waals surface area contributed by atoms with Crippen molar-refractivity contribution in [2.75, 3.05) is 0 Å². The lowest BCUT2D eigenvalue weighted by Crippen LogP contribution is -2.15. The number of nitrogens with zero attached hydrogens (tertiary/aromatic N) is 3. The van der Waals surface area contributed by atoms with Gasteiger partial charge in [0.15, 0.2) is 17.5 Å². The molecule has 0 unspecified atom stereocenters. The van der Waals surface area contributed by atoms with Crippen LogP contribution in [0.3, 0.4) is 0 Å². The number of hydrogen-bond donors (Lipinski definition) is 0. The van der Waals surface area contributed by atoms with Crippen molar-refractivity contribution >= 4 is 21.9 Å². The molecule has 9 rings (SSSR count). The van der Waals surface area contributed by atoms with Gasteiger partial charge < -0.3 is 4.42 Å². The molecule has 6 aromatic carbocycles. The average molecular weight is 592 g/mol. The number of para-hydroxylation sites is 2. The van der Waals surface area contributed by atoms with Gasteiger partial charge in [0.25, 0.3) is 0 Å². The summed E-state index contributed by atoms with van der Waals surface area (Å²) in [5, 5.41) is 2.11. The minimum absolute atomic E-state index is 0.138. The van der Waals surface area contributed by atoms with Crippen molar-refractivity contribution in [3.8, 4) is 56.4 Å². The van der Waals surface area contributed by atoms with Gasteiger partial charge >= 0.3 is 0 Å². The number of hydrogen-bond acceptors (Lipinski definition) is 4. The van der Waals surface area contributed by atoms with E-state index in [1.807, 2.05) is 36.4 Å². The summed E-state index contributed by atoms with van der Waals surface area (Å²) in [5.74, 6) is 1.83. The second-order valence-corrected chi connectivity index (χ2v) is 12.4. The van der Waals surface area contributed by atoms with Gasteiger partial charge in [-0.2, -0.15) is 0 Å². The van der Waals surface area contributed by atoms with E-state index in [1.54, 1.807) is 0 Å². The fourth-order valence-electron chi connectivity index (χ4n) is 7.06. The zero-order valence-corrected chi connectivity index (χ0v) is 25.5. The second kappa shape index (κ2) is 10.1. The van der Waals surface area contributed by atoms with E-state index >= 15 is 0 Å². The highest BCUT2D eigenvalue weighted by Crippen LogP contribution is 2.49. The van der Waals surface area contributed by atoms with E-state index < -0.39 is 0 Å². The van der Waals surface area contributed by atoms with Crippen LogP contribution in [0.5, 0.6) is 0 Å². The Balaban J connectivity index is 1.29. The smallest absolute Gasteiger partial charge is 0.167 e. The molecule has 0 amide bonds. The summed E-state index contributed by atoms with van der Waals surface area (Å²) in [6.45, 7) is 4.59. The molecule has 4 heteroatoms. The van der Waals surface area contributed by atoms with Crippen LogP contribution in [0.2, 0.25) is 0 Å². The molecule has 0 aliphatic heterocycles. The predicted molar refractivity (Wildman–Crippen MR) is 186 cm³/mol. The molecule has 2 heterocycles. The minimum Gasteiger partial charge on any atom is -0.455 e. The second-order valence-electron chi connectivity index (χ2n) is 12.4. The summed E-state index contributed by atoms with van der Waals surface area (Å²) in [4.78, 5) is 15.5. The average Bonchev–Trinajstić information content (AvgIpc) is 3.60. The molecule has 1 aliphatic carbocycles. The Hall–Kier alpha value is -5.87. The third-order valence-corrected chi connectivity index (χ3v) is 9.38. The van der Waals surface area contributed by atoms with E-state index in [0.29, 0.717) is 17.5 Å². The van der Waals surface area contributed by atoms with Crippen LogP contribution in [-0.4, -0.2) is 15.0 Å². The summed E-state index contributed by atoms with van der Waals surface area (Å²) in [7, 11) is 0. The molecule has 0 bridgehead atoms. The molecule has 1 aliphatic rings. The number of furan rings is 1. The van der Waals surface area contributed by atoms with E-state index in [0.717, 1.165) is 49.8 Å². The summed E-state index contributed by atoms with van der Waals surface area (Å²) in [6.07, 6.45) is 0. The van der Waals surface area contributed by atoms with Gasteiger partial charge in [-0.25, -0.2) is 15.0 Å². The van der Waals surface area contributed by atoms with Gasteiger partial charge in [0.2, 0.25) is 0 Å². The molecular formula is C42H29N3O. The van der Waals surface area contributed by atoms with Gasteiger partial charge in [-0.05, 0) is 51.6 Å². The highest BCUT2D eigenvalue weighted by molar-refractivity contribution is 6.09. The Labute approximate surface area is 267 Å². The van der Waals surface area contributed by atoms with Gasteiger partial charge in [-0.1, -0.05) is 135 Å². The molecule has 0 N–H and O–H groups in total. The van der Waals surface area contributed by atoms with Crippen LogP contribution in [0.15, 0.2) is 144 Å². The van der Waals surface area contributed by atoms with Crippen LogP contribution in [0.1, 0.15) is 25.0 Å². The SMILES string of the molecule is CC1(C)c2ccccc2-c2ccc(-c3nc(-c4ccccc4-c4ccccc4)nc(-c4cccc5c4oc4ccccc45)n3)cc21. The van der Waals surface area contributed by atoms with Gasteiger partial charge in [-0.15, -0.1) is 0 Å². The molecule has 0 atom stereocenters. The van der Waals surface area contributed by atoms with Crippen molar-refractivity contribution in [1.82, 2.24) is 15.0 Å². The van der Waals surface area contributed by atoms with E-state index in [1.165, 1.54) is 22.3 Å². The fourth-order valence-corrected chi connectivity index (χ4v) is 7.06. The maximum atomic E-state index is 6.45. The summed E-state index contributed by atoms with van der Waals surface area (Å²) in [6, 6.07) is 48.4. The van der Waals surface area contributed by atoms with Crippen LogP contribution < -0.4 is 0 Å². The molecule has 46 heavy (non-hydrogen) atoms. The summed E-state index contributed by atoms with van der Waals surface area (Å²) in [5.41, 5.74) is 11.6. The molecule has 0 saturated heterocycles. The van der Waals surface area contributed by atoms with Crippen LogP contribution in [0.25, 0.3) is 78.4 Å². The summed E-state index contributed by atoms with van der Waals surface area (Å²) >= 11 is 0. The first-order chi connectivity index (χ1) is 22.6. The molecule has 2 aromatic heterocycles. The van der Waals surface area contributed by atoms with Crippen molar-refractivity contribution in [2.45, 2.75) is 19.3 Å². The molecule has 4 nitrogen and oxygen atoms in total. The molecular weight excluding hydrogens is 562 g/mol. The lowest BCUT2D eigenvalue weighted by molar-refractivity contribution is 0.660. The molecule has 0 radical (unpaired) electrons. The van der Waals surface area contributed by atoms with Crippen LogP contribution in [0, 0.1) is 0 Å².